The molecule has 0 radical (unpaired) electrons. The zero-order valence-electron chi connectivity index (χ0n) is 20.1. The Kier molecular flexibility index (Phi) is 8.23. The number of aromatic nitrogens is 2. The summed E-state index contributed by atoms with van der Waals surface area (Å²) >= 11 is 6.00. The number of nitrogens with one attached hydrogen (secondary N) is 1. The molecule has 0 saturated heterocycles. The third-order valence-corrected chi connectivity index (χ3v) is 6.34. The van der Waals surface area contributed by atoms with Gasteiger partial charge in [-0.25, -0.2) is 4.79 Å². The Labute approximate surface area is 213 Å². The van der Waals surface area contributed by atoms with E-state index in [9.17, 15) is 14.4 Å². The first-order valence-corrected chi connectivity index (χ1v) is 12.2. The number of methoxy groups -OCH3 is 1. The standard InChI is InChI=1S/C28H28ClN3O4/c1-36-25-11-5-2-8-21(25)18-30-26(33)12-6-7-17-31-27(34)23-9-3-4-10-24(23)32(28(31)35)19-20-13-15-22(29)16-14-20/h2-5,8-11,13-16H,6-7,12,17-19H2,1H3,(H,30,33). The predicted molar refractivity (Wildman–Crippen MR) is 142 cm³/mol. The molecule has 0 saturated carbocycles. The maximum Gasteiger partial charge on any atom is 0.331 e. The zero-order valence-corrected chi connectivity index (χ0v) is 20.8. The molecular formula is C28H28ClN3O4. The van der Waals surface area contributed by atoms with E-state index in [4.69, 9.17) is 16.3 Å². The summed E-state index contributed by atoms with van der Waals surface area (Å²) in [5.41, 5.74) is 1.72. The van der Waals surface area contributed by atoms with Crippen LogP contribution in [0.2, 0.25) is 5.02 Å². The van der Waals surface area contributed by atoms with E-state index in [1.54, 1.807) is 42.0 Å². The molecule has 0 bridgehead atoms. The number of ether oxygens (including phenoxy) is 1. The third kappa shape index (κ3) is 5.86. The van der Waals surface area contributed by atoms with E-state index in [2.05, 4.69) is 5.32 Å². The largest absolute Gasteiger partial charge is 0.496 e. The predicted octanol–water partition coefficient (Wildman–Crippen LogP) is 4.36. The number of hydrogen-bond donors (Lipinski definition) is 1. The van der Waals surface area contributed by atoms with Gasteiger partial charge < -0.3 is 10.1 Å². The van der Waals surface area contributed by atoms with Gasteiger partial charge in [0.1, 0.15) is 5.75 Å². The Hall–Kier alpha value is -3.84. The highest BCUT2D eigenvalue weighted by molar-refractivity contribution is 6.30. The second-order valence-corrected chi connectivity index (χ2v) is 8.95. The lowest BCUT2D eigenvalue weighted by Gasteiger charge is -2.14. The molecule has 7 nitrogen and oxygen atoms in total. The van der Waals surface area contributed by atoms with Crippen molar-refractivity contribution in [2.45, 2.75) is 38.9 Å². The number of nitrogens with zero attached hydrogens (tertiary/aromatic N) is 2. The molecule has 8 heteroatoms. The van der Waals surface area contributed by atoms with Crippen LogP contribution < -0.4 is 21.3 Å². The maximum absolute atomic E-state index is 13.3. The van der Waals surface area contributed by atoms with Crippen LogP contribution in [0.4, 0.5) is 0 Å². The van der Waals surface area contributed by atoms with E-state index in [0.29, 0.717) is 48.3 Å². The minimum atomic E-state index is -0.366. The van der Waals surface area contributed by atoms with Crippen molar-refractivity contribution in [3.63, 3.8) is 0 Å². The summed E-state index contributed by atoms with van der Waals surface area (Å²) in [4.78, 5) is 38.7. The van der Waals surface area contributed by atoms with Crippen molar-refractivity contribution < 1.29 is 9.53 Å². The molecule has 186 valence electrons. The topological polar surface area (TPSA) is 82.3 Å². The Balaban J connectivity index is 1.43. The molecule has 36 heavy (non-hydrogen) atoms. The molecule has 0 aliphatic carbocycles. The molecule has 0 spiro atoms. The van der Waals surface area contributed by atoms with Gasteiger partial charge in [0, 0.05) is 30.1 Å². The molecule has 3 aromatic carbocycles. The van der Waals surface area contributed by atoms with Gasteiger partial charge in [0.25, 0.3) is 5.56 Å². The third-order valence-electron chi connectivity index (χ3n) is 6.09. The van der Waals surface area contributed by atoms with Crippen molar-refractivity contribution >= 4 is 28.4 Å². The number of unbranched alkanes of at least 4 members (excludes halogenated alkanes) is 1. The summed E-state index contributed by atoms with van der Waals surface area (Å²) in [7, 11) is 1.60. The molecule has 1 heterocycles. The van der Waals surface area contributed by atoms with E-state index in [0.717, 1.165) is 16.9 Å². The second kappa shape index (κ2) is 11.7. The summed E-state index contributed by atoms with van der Waals surface area (Å²) < 4.78 is 8.19. The van der Waals surface area contributed by atoms with Crippen LogP contribution in [-0.4, -0.2) is 22.2 Å². The zero-order chi connectivity index (χ0) is 25.5. The minimum absolute atomic E-state index is 0.0908. The van der Waals surface area contributed by atoms with Gasteiger partial charge in [0.2, 0.25) is 5.91 Å². The van der Waals surface area contributed by atoms with E-state index in [1.165, 1.54) is 4.57 Å². The van der Waals surface area contributed by atoms with Crippen LogP contribution in [0.1, 0.15) is 30.4 Å². The number of carbonyl (C=O) groups is 1. The smallest absolute Gasteiger partial charge is 0.331 e. The number of carbonyl (C=O) groups excluding carboxylic acids is 1. The maximum atomic E-state index is 13.3. The van der Waals surface area contributed by atoms with Crippen LogP contribution in [0.3, 0.4) is 0 Å². The molecule has 4 rings (SSSR count). The Morgan fingerprint density at radius 1 is 0.917 bits per heavy atom. The highest BCUT2D eigenvalue weighted by atomic mass is 35.5. The molecule has 0 unspecified atom stereocenters. The molecule has 4 aromatic rings. The number of rotatable bonds is 10. The molecule has 0 aliphatic heterocycles. The van der Waals surface area contributed by atoms with Gasteiger partial charge in [-0.15, -0.1) is 0 Å². The SMILES string of the molecule is COc1ccccc1CNC(=O)CCCCn1c(=O)c2ccccc2n(Cc2ccc(Cl)cc2)c1=O. The average Bonchev–Trinajstić information content (AvgIpc) is 2.90. The fourth-order valence-corrected chi connectivity index (χ4v) is 4.31. The van der Waals surface area contributed by atoms with Crippen LogP contribution in [-0.2, 0) is 24.4 Å². The van der Waals surface area contributed by atoms with Gasteiger partial charge in [-0.2, -0.15) is 0 Å². The first kappa shape index (κ1) is 25.3. The first-order valence-electron chi connectivity index (χ1n) is 11.8. The fraction of sp³-hybridized carbons (Fsp3) is 0.250. The van der Waals surface area contributed by atoms with Crippen molar-refractivity contribution in [3.8, 4) is 5.75 Å². The Bertz CT molecular complexity index is 1480. The van der Waals surface area contributed by atoms with Crippen LogP contribution in [0.15, 0.2) is 82.4 Å². The summed E-state index contributed by atoms with van der Waals surface area (Å²) in [5.74, 6) is 0.635. The lowest BCUT2D eigenvalue weighted by atomic mass is 10.2. The lowest BCUT2D eigenvalue weighted by Crippen LogP contribution is -2.40. The molecule has 0 fully saturated rings. The Morgan fingerprint density at radius 3 is 2.42 bits per heavy atom. The minimum Gasteiger partial charge on any atom is -0.496 e. The monoisotopic (exact) mass is 505 g/mol. The quantitative estimate of drug-likeness (QED) is 0.325. The first-order chi connectivity index (χ1) is 17.5. The van der Waals surface area contributed by atoms with Crippen LogP contribution in [0, 0.1) is 0 Å². The van der Waals surface area contributed by atoms with E-state index >= 15 is 0 Å². The number of amides is 1. The van der Waals surface area contributed by atoms with Crippen molar-refractivity contribution in [3.05, 3.63) is 110 Å². The summed E-state index contributed by atoms with van der Waals surface area (Å²) in [5, 5.41) is 4.00. The average molecular weight is 506 g/mol. The van der Waals surface area contributed by atoms with Crippen molar-refractivity contribution in [2.75, 3.05) is 7.11 Å². The van der Waals surface area contributed by atoms with E-state index in [-0.39, 0.29) is 23.7 Å². The molecule has 0 atom stereocenters. The number of fused-ring (bicyclic) bond motifs is 1. The molecule has 1 amide bonds. The van der Waals surface area contributed by atoms with Crippen molar-refractivity contribution in [1.29, 1.82) is 0 Å². The van der Waals surface area contributed by atoms with Gasteiger partial charge in [-0.1, -0.05) is 54.1 Å². The summed E-state index contributed by atoms with van der Waals surface area (Å²) in [6.45, 7) is 0.938. The highest BCUT2D eigenvalue weighted by Crippen LogP contribution is 2.17. The fourth-order valence-electron chi connectivity index (χ4n) is 4.18. The lowest BCUT2D eigenvalue weighted by molar-refractivity contribution is -0.121. The molecule has 1 aromatic heterocycles. The van der Waals surface area contributed by atoms with E-state index in [1.807, 2.05) is 42.5 Å². The summed E-state index contributed by atoms with van der Waals surface area (Å²) in [6, 6.07) is 21.9. The number of halogens is 1. The van der Waals surface area contributed by atoms with Crippen LogP contribution >= 0.6 is 11.6 Å². The second-order valence-electron chi connectivity index (χ2n) is 8.51. The van der Waals surface area contributed by atoms with Gasteiger partial charge >= 0.3 is 5.69 Å². The normalized spacial score (nSPS) is 10.9. The van der Waals surface area contributed by atoms with Gasteiger partial charge in [0.15, 0.2) is 0 Å². The van der Waals surface area contributed by atoms with Gasteiger partial charge in [-0.3, -0.25) is 18.7 Å². The molecule has 1 N–H and O–H groups in total. The number of para-hydroxylation sites is 2. The highest BCUT2D eigenvalue weighted by Gasteiger charge is 2.13. The van der Waals surface area contributed by atoms with Crippen LogP contribution in [0.5, 0.6) is 5.75 Å². The number of benzene rings is 3. The van der Waals surface area contributed by atoms with Crippen molar-refractivity contribution in [2.24, 2.45) is 0 Å². The molecule has 0 aliphatic rings. The van der Waals surface area contributed by atoms with Gasteiger partial charge in [0.05, 0.1) is 24.6 Å². The Morgan fingerprint density at radius 2 is 1.64 bits per heavy atom. The van der Waals surface area contributed by atoms with Crippen LogP contribution in [0.25, 0.3) is 10.9 Å². The van der Waals surface area contributed by atoms with Gasteiger partial charge in [-0.05, 0) is 48.7 Å². The van der Waals surface area contributed by atoms with E-state index < -0.39 is 0 Å². The van der Waals surface area contributed by atoms with Crippen molar-refractivity contribution in [1.82, 2.24) is 14.5 Å². The molecular weight excluding hydrogens is 478 g/mol. The summed E-state index contributed by atoms with van der Waals surface area (Å²) in [6.07, 6.45) is 1.38. The number of hydrogen-bond acceptors (Lipinski definition) is 4.